The Balaban J connectivity index is 1.48. The van der Waals surface area contributed by atoms with Crippen LogP contribution in [0.2, 0.25) is 0 Å². The van der Waals surface area contributed by atoms with Crippen LogP contribution in [0.3, 0.4) is 0 Å². The van der Waals surface area contributed by atoms with Crippen molar-refractivity contribution < 1.29 is 4.74 Å². The molecule has 1 aromatic carbocycles. The zero-order valence-electron chi connectivity index (χ0n) is 10.2. The summed E-state index contributed by atoms with van der Waals surface area (Å²) in [5.74, 6) is 1.07. The predicted molar refractivity (Wildman–Crippen MR) is 73.2 cm³/mol. The van der Waals surface area contributed by atoms with Gasteiger partial charge in [0.1, 0.15) is 5.75 Å². The molecule has 1 aliphatic heterocycles. The van der Waals surface area contributed by atoms with E-state index in [0.29, 0.717) is 0 Å². The average Bonchev–Trinajstić information content (AvgIpc) is 3.05. The average molecular weight is 260 g/mol. The smallest absolute Gasteiger partial charge is 0.122 e. The Hall–Kier alpha value is -1.39. The van der Waals surface area contributed by atoms with Gasteiger partial charge in [-0.1, -0.05) is 12.1 Å². The van der Waals surface area contributed by atoms with E-state index in [1.165, 1.54) is 16.0 Å². The van der Waals surface area contributed by atoms with Crippen molar-refractivity contribution in [3.05, 3.63) is 45.9 Å². The van der Waals surface area contributed by atoms with E-state index >= 15 is 0 Å². The number of nitrogens with one attached hydrogen (secondary N) is 1. The number of aromatic nitrogens is 1. The van der Waals surface area contributed by atoms with E-state index in [2.05, 4.69) is 28.5 Å². The maximum Gasteiger partial charge on any atom is 0.122 e. The number of hydrogen-bond acceptors (Lipinski definition) is 4. The minimum Gasteiger partial charge on any atom is -0.493 e. The lowest BCUT2D eigenvalue weighted by molar-refractivity contribution is 0.357. The van der Waals surface area contributed by atoms with Crippen LogP contribution in [-0.4, -0.2) is 18.1 Å². The lowest BCUT2D eigenvalue weighted by Gasteiger charge is -2.05. The van der Waals surface area contributed by atoms with E-state index < -0.39 is 0 Å². The van der Waals surface area contributed by atoms with Crippen LogP contribution in [-0.2, 0) is 19.4 Å². The number of nitrogens with zero attached hydrogens (tertiary/aromatic N) is 1. The molecule has 0 fully saturated rings. The number of hydrogen-bond donors (Lipinski definition) is 1. The van der Waals surface area contributed by atoms with Gasteiger partial charge in [0.2, 0.25) is 0 Å². The SMILES string of the molecule is c1ncc(CNCCc2ccc3c(c2)CCO3)s1. The van der Waals surface area contributed by atoms with Crippen LogP contribution in [0.5, 0.6) is 5.75 Å². The number of fused-ring (bicyclic) bond motifs is 1. The third-order valence-corrected chi connectivity index (χ3v) is 3.91. The molecule has 0 amide bonds. The van der Waals surface area contributed by atoms with Crippen LogP contribution >= 0.6 is 11.3 Å². The van der Waals surface area contributed by atoms with Crippen LogP contribution in [0.25, 0.3) is 0 Å². The molecule has 0 aliphatic carbocycles. The van der Waals surface area contributed by atoms with Crippen molar-refractivity contribution in [3.63, 3.8) is 0 Å². The van der Waals surface area contributed by atoms with E-state index in [4.69, 9.17) is 4.74 Å². The first-order chi connectivity index (χ1) is 8.92. The van der Waals surface area contributed by atoms with Gasteiger partial charge in [0.15, 0.2) is 0 Å². The Morgan fingerprint density at radius 3 is 3.28 bits per heavy atom. The van der Waals surface area contributed by atoms with Gasteiger partial charge in [0.25, 0.3) is 0 Å². The third-order valence-electron chi connectivity index (χ3n) is 3.13. The molecule has 0 saturated heterocycles. The summed E-state index contributed by atoms with van der Waals surface area (Å²) in [5, 5.41) is 3.44. The van der Waals surface area contributed by atoms with Crippen LogP contribution < -0.4 is 10.1 Å². The third kappa shape index (κ3) is 2.71. The van der Waals surface area contributed by atoms with E-state index in [0.717, 1.165) is 38.3 Å². The Morgan fingerprint density at radius 2 is 2.39 bits per heavy atom. The molecule has 0 spiro atoms. The fourth-order valence-electron chi connectivity index (χ4n) is 2.17. The summed E-state index contributed by atoms with van der Waals surface area (Å²) in [6.07, 6.45) is 4.04. The Morgan fingerprint density at radius 1 is 1.39 bits per heavy atom. The van der Waals surface area contributed by atoms with Crippen LogP contribution in [0, 0.1) is 0 Å². The predicted octanol–water partition coefficient (Wildman–Crippen LogP) is 2.41. The van der Waals surface area contributed by atoms with Crippen molar-refractivity contribution in [2.24, 2.45) is 0 Å². The molecule has 0 atom stereocenters. The van der Waals surface area contributed by atoms with Gasteiger partial charge in [-0.05, 0) is 30.2 Å². The molecule has 3 rings (SSSR count). The highest BCUT2D eigenvalue weighted by Gasteiger charge is 2.11. The standard InChI is InChI=1S/C14H16N2OS/c1-2-14-12(4-6-17-14)7-11(1)3-5-15-8-13-9-16-10-18-13/h1-2,7,9-10,15H,3-6,8H2. The van der Waals surface area contributed by atoms with Gasteiger partial charge in [-0.15, -0.1) is 11.3 Å². The Kier molecular flexibility index (Phi) is 3.57. The molecule has 0 radical (unpaired) electrons. The van der Waals surface area contributed by atoms with Crippen molar-refractivity contribution in [1.29, 1.82) is 0 Å². The maximum atomic E-state index is 5.51. The van der Waals surface area contributed by atoms with E-state index in [1.807, 2.05) is 11.7 Å². The molecule has 0 bridgehead atoms. The molecule has 2 heterocycles. The molecular formula is C14H16N2OS. The number of rotatable bonds is 5. The van der Waals surface area contributed by atoms with Crippen molar-refractivity contribution in [2.45, 2.75) is 19.4 Å². The monoisotopic (exact) mass is 260 g/mol. The highest BCUT2D eigenvalue weighted by Crippen LogP contribution is 2.25. The fraction of sp³-hybridized carbons (Fsp3) is 0.357. The van der Waals surface area contributed by atoms with Crippen LogP contribution in [0.4, 0.5) is 0 Å². The van der Waals surface area contributed by atoms with Gasteiger partial charge < -0.3 is 10.1 Å². The van der Waals surface area contributed by atoms with Crippen LogP contribution in [0.15, 0.2) is 29.9 Å². The lowest BCUT2D eigenvalue weighted by atomic mass is 10.1. The zero-order valence-corrected chi connectivity index (χ0v) is 11.0. The second kappa shape index (κ2) is 5.50. The zero-order chi connectivity index (χ0) is 12.2. The molecule has 1 aromatic heterocycles. The van der Waals surface area contributed by atoms with Gasteiger partial charge in [0, 0.05) is 24.0 Å². The molecule has 2 aromatic rings. The van der Waals surface area contributed by atoms with Crippen molar-refractivity contribution in [3.8, 4) is 5.75 Å². The van der Waals surface area contributed by atoms with E-state index in [-0.39, 0.29) is 0 Å². The molecule has 94 valence electrons. The van der Waals surface area contributed by atoms with E-state index in [1.54, 1.807) is 11.3 Å². The summed E-state index contributed by atoms with van der Waals surface area (Å²) >= 11 is 1.70. The molecule has 1 N–H and O–H groups in total. The lowest BCUT2D eigenvalue weighted by Crippen LogP contribution is -2.15. The van der Waals surface area contributed by atoms with Crippen molar-refractivity contribution in [2.75, 3.05) is 13.2 Å². The largest absolute Gasteiger partial charge is 0.493 e. The summed E-state index contributed by atoms with van der Waals surface area (Å²) in [6.45, 7) is 2.75. The molecular weight excluding hydrogens is 244 g/mol. The minimum atomic E-state index is 0.836. The quantitative estimate of drug-likeness (QED) is 0.838. The normalized spacial score (nSPS) is 13.3. The molecule has 18 heavy (non-hydrogen) atoms. The minimum absolute atomic E-state index is 0.836. The summed E-state index contributed by atoms with van der Waals surface area (Å²) < 4.78 is 5.51. The maximum absolute atomic E-state index is 5.51. The number of ether oxygens (including phenoxy) is 1. The first kappa shape index (κ1) is 11.7. The molecule has 4 heteroatoms. The summed E-state index contributed by atoms with van der Waals surface area (Å²) in [5.41, 5.74) is 4.61. The van der Waals surface area contributed by atoms with Crippen LogP contribution in [0.1, 0.15) is 16.0 Å². The highest BCUT2D eigenvalue weighted by atomic mass is 32.1. The van der Waals surface area contributed by atoms with Gasteiger partial charge in [-0.25, -0.2) is 0 Å². The van der Waals surface area contributed by atoms with Gasteiger partial charge in [0.05, 0.1) is 12.1 Å². The molecule has 1 aliphatic rings. The highest BCUT2D eigenvalue weighted by molar-refractivity contribution is 7.09. The summed E-state index contributed by atoms with van der Waals surface area (Å²) in [7, 11) is 0. The Bertz CT molecular complexity index is 511. The molecule has 0 saturated carbocycles. The second-order valence-corrected chi connectivity index (χ2v) is 5.41. The van der Waals surface area contributed by atoms with Crippen molar-refractivity contribution in [1.82, 2.24) is 10.3 Å². The first-order valence-corrected chi connectivity index (χ1v) is 7.12. The second-order valence-electron chi connectivity index (χ2n) is 4.44. The molecule has 3 nitrogen and oxygen atoms in total. The summed E-state index contributed by atoms with van der Waals surface area (Å²) in [6, 6.07) is 6.54. The topological polar surface area (TPSA) is 34.2 Å². The Labute approximate surface area is 111 Å². The first-order valence-electron chi connectivity index (χ1n) is 6.24. The summed E-state index contributed by atoms with van der Waals surface area (Å²) in [4.78, 5) is 5.35. The van der Waals surface area contributed by atoms with Gasteiger partial charge in [-0.2, -0.15) is 0 Å². The molecule has 0 unspecified atom stereocenters. The van der Waals surface area contributed by atoms with Crippen molar-refractivity contribution >= 4 is 11.3 Å². The van der Waals surface area contributed by atoms with Gasteiger partial charge >= 0.3 is 0 Å². The van der Waals surface area contributed by atoms with Gasteiger partial charge in [-0.3, -0.25) is 4.98 Å². The number of benzene rings is 1. The van der Waals surface area contributed by atoms with E-state index in [9.17, 15) is 0 Å². The number of thiazole rings is 1. The fourth-order valence-corrected chi connectivity index (χ4v) is 2.73.